The van der Waals surface area contributed by atoms with Gasteiger partial charge in [0, 0.05) is 23.9 Å². The first kappa shape index (κ1) is 11.8. The molecule has 1 N–H and O–H groups in total. The minimum Gasteiger partial charge on any atom is -0.322 e. The Morgan fingerprint density at radius 1 is 1.06 bits per heavy atom. The van der Waals surface area contributed by atoms with Gasteiger partial charge in [-0.25, -0.2) is 0 Å². The van der Waals surface area contributed by atoms with Gasteiger partial charge in [-0.05, 0) is 23.8 Å². The van der Waals surface area contributed by atoms with E-state index in [0.717, 1.165) is 0 Å². The molecule has 0 saturated heterocycles. The van der Waals surface area contributed by atoms with Gasteiger partial charge in [-0.3, -0.25) is 14.9 Å². The molecule has 1 aromatic rings. The van der Waals surface area contributed by atoms with Crippen LogP contribution < -0.4 is 5.32 Å². The Kier molecular flexibility index (Phi) is 3.33. The normalized spacial score (nSPS) is 20.9. The summed E-state index contributed by atoms with van der Waals surface area (Å²) in [6.07, 6.45) is 8.31. The van der Waals surface area contributed by atoms with Crippen LogP contribution in [0.2, 0.25) is 0 Å². The fraction of sp³-hybridized carbons (Fsp3) is 0. The lowest BCUT2D eigenvalue weighted by molar-refractivity contribution is -0.384. The third kappa shape index (κ3) is 2.70. The molecule has 0 spiro atoms. The molecule has 0 bridgehead atoms. The molecule has 5 heteroatoms. The van der Waals surface area contributed by atoms with Gasteiger partial charge in [0.15, 0.2) is 0 Å². The first-order valence-corrected chi connectivity index (χ1v) is 5.27. The number of carbonyl (C=O) groups excluding carboxylic acids is 1. The summed E-state index contributed by atoms with van der Waals surface area (Å²) in [5.41, 5.74) is 1.34. The molecule has 0 aromatic heterocycles. The summed E-state index contributed by atoms with van der Waals surface area (Å²) in [6, 6.07) is 6.01. The number of nitro benzene ring substituents is 1. The van der Waals surface area contributed by atoms with Crippen LogP contribution in [0.1, 0.15) is 5.56 Å². The molecule has 0 fully saturated rings. The van der Waals surface area contributed by atoms with Crippen LogP contribution in [0.5, 0.6) is 0 Å². The van der Waals surface area contributed by atoms with Gasteiger partial charge in [-0.15, -0.1) is 0 Å². The summed E-state index contributed by atoms with van der Waals surface area (Å²) < 4.78 is 0. The number of carbonyl (C=O) groups is 1. The van der Waals surface area contributed by atoms with Gasteiger partial charge >= 0.3 is 0 Å². The third-order valence-electron chi connectivity index (χ3n) is 2.38. The fourth-order valence-corrected chi connectivity index (χ4v) is 1.51. The lowest BCUT2D eigenvalue weighted by Crippen LogP contribution is -2.19. The number of amides is 1. The monoisotopic (exact) mass is 242 g/mol. The molecular formula is C13H10N2O3. The van der Waals surface area contributed by atoms with Gasteiger partial charge in [0.2, 0.25) is 5.91 Å². The van der Waals surface area contributed by atoms with E-state index in [4.69, 9.17) is 0 Å². The van der Waals surface area contributed by atoms with Gasteiger partial charge in [0.25, 0.3) is 5.69 Å². The van der Waals surface area contributed by atoms with Crippen molar-refractivity contribution >= 4 is 17.3 Å². The Morgan fingerprint density at radius 3 is 2.44 bits per heavy atom. The molecule has 0 unspecified atom stereocenters. The predicted octanol–water partition coefficient (Wildman–Crippen LogP) is 2.18. The van der Waals surface area contributed by atoms with Crippen molar-refractivity contribution in [1.29, 1.82) is 0 Å². The first-order valence-electron chi connectivity index (χ1n) is 5.27. The topological polar surface area (TPSA) is 72.2 Å². The molecule has 18 heavy (non-hydrogen) atoms. The maximum absolute atomic E-state index is 11.4. The molecule has 90 valence electrons. The molecule has 0 radical (unpaired) electrons. The van der Waals surface area contributed by atoms with Crippen molar-refractivity contribution in [3.05, 3.63) is 70.3 Å². The van der Waals surface area contributed by atoms with Crippen molar-refractivity contribution in [2.45, 2.75) is 0 Å². The van der Waals surface area contributed by atoms with Crippen LogP contribution in [0.4, 0.5) is 5.69 Å². The van der Waals surface area contributed by atoms with Crippen molar-refractivity contribution < 1.29 is 9.72 Å². The Labute approximate surface area is 103 Å². The van der Waals surface area contributed by atoms with E-state index in [1.54, 1.807) is 36.4 Å². The third-order valence-corrected chi connectivity index (χ3v) is 2.38. The summed E-state index contributed by atoms with van der Waals surface area (Å²) in [7, 11) is 0. The summed E-state index contributed by atoms with van der Waals surface area (Å²) in [4.78, 5) is 21.5. The van der Waals surface area contributed by atoms with E-state index in [1.807, 2.05) is 0 Å². The molecule has 1 amide bonds. The van der Waals surface area contributed by atoms with Crippen LogP contribution in [0.3, 0.4) is 0 Å². The van der Waals surface area contributed by atoms with Crippen molar-refractivity contribution in [3.63, 3.8) is 0 Å². The Balaban J connectivity index is 2.30. The Bertz CT molecular complexity index is 568. The molecule has 0 aliphatic carbocycles. The zero-order chi connectivity index (χ0) is 13.0. The minimum atomic E-state index is -0.461. The summed E-state index contributed by atoms with van der Waals surface area (Å²) in [6.45, 7) is 0. The second-order valence-electron chi connectivity index (χ2n) is 3.62. The van der Waals surface area contributed by atoms with Crippen LogP contribution in [-0.4, -0.2) is 10.8 Å². The highest BCUT2D eigenvalue weighted by Gasteiger charge is 2.08. The number of non-ortho nitro benzene ring substituents is 1. The van der Waals surface area contributed by atoms with Gasteiger partial charge in [0.05, 0.1) is 4.92 Å². The van der Waals surface area contributed by atoms with Crippen LogP contribution in [0, 0.1) is 10.1 Å². The maximum atomic E-state index is 11.4. The summed E-state index contributed by atoms with van der Waals surface area (Å²) >= 11 is 0. The average Bonchev–Trinajstić information content (AvgIpc) is 2.34. The molecule has 1 aromatic carbocycles. The first-order chi connectivity index (χ1) is 8.66. The second kappa shape index (κ2) is 5.09. The van der Waals surface area contributed by atoms with Gasteiger partial charge in [-0.2, -0.15) is 0 Å². The highest BCUT2D eigenvalue weighted by molar-refractivity contribution is 5.95. The van der Waals surface area contributed by atoms with E-state index in [9.17, 15) is 14.9 Å². The number of benzene rings is 1. The largest absolute Gasteiger partial charge is 0.322 e. The number of nitro groups is 1. The van der Waals surface area contributed by atoms with Crippen LogP contribution in [0.15, 0.2) is 54.6 Å². The van der Waals surface area contributed by atoms with Crippen molar-refractivity contribution in [1.82, 2.24) is 5.32 Å². The summed E-state index contributed by atoms with van der Waals surface area (Å²) in [5, 5.41) is 13.2. The SMILES string of the molecule is O=C1\C=C/C=C\C=C(\c2ccc([N+](=O)[O-])cc2)N1. The number of nitrogens with zero attached hydrogens (tertiary/aromatic N) is 1. The molecule has 5 nitrogen and oxygen atoms in total. The molecule has 1 aliphatic rings. The number of allylic oxidation sites excluding steroid dienone is 4. The smallest absolute Gasteiger partial charge is 0.269 e. The van der Waals surface area contributed by atoms with Gasteiger partial charge in [0.1, 0.15) is 0 Å². The lowest BCUT2D eigenvalue weighted by Gasteiger charge is -2.08. The Hall–Kier alpha value is -2.69. The zero-order valence-electron chi connectivity index (χ0n) is 9.37. The fourth-order valence-electron chi connectivity index (χ4n) is 1.51. The van der Waals surface area contributed by atoms with Crippen LogP contribution in [0.25, 0.3) is 5.70 Å². The predicted molar refractivity (Wildman–Crippen MR) is 67.5 cm³/mol. The zero-order valence-corrected chi connectivity index (χ0v) is 9.37. The molecule has 0 saturated carbocycles. The lowest BCUT2D eigenvalue weighted by atomic mass is 10.1. The molecular weight excluding hydrogens is 232 g/mol. The number of hydrogen-bond donors (Lipinski definition) is 1. The van der Waals surface area contributed by atoms with Crippen LogP contribution >= 0.6 is 0 Å². The van der Waals surface area contributed by atoms with E-state index in [1.165, 1.54) is 18.2 Å². The Morgan fingerprint density at radius 2 is 1.78 bits per heavy atom. The summed E-state index contributed by atoms with van der Waals surface area (Å²) in [5.74, 6) is -0.232. The molecule has 2 rings (SSSR count). The minimum absolute atomic E-state index is 0.0203. The van der Waals surface area contributed by atoms with E-state index < -0.39 is 4.92 Å². The van der Waals surface area contributed by atoms with E-state index in [0.29, 0.717) is 11.3 Å². The van der Waals surface area contributed by atoms with E-state index in [2.05, 4.69) is 5.32 Å². The van der Waals surface area contributed by atoms with Gasteiger partial charge < -0.3 is 5.32 Å². The average molecular weight is 242 g/mol. The maximum Gasteiger partial charge on any atom is 0.269 e. The highest BCUT2D eigenvalue weighted by atomic mass is 16.6. The number of nitrogens with one attached hydrogen (secondary N) is 1. The highest BCUT2D eigenvalue weighted by Crippen LogP contribution is 2.17. The van der Waals surface area contributed by atoms with E-state index >= 15 is 0 Å². The van der Waals surface area contributed by atoms with Crippen molar-refractivity contribution in [3.8, 4) is 0 Å². The second-order valence-corrected chi connectivity index (χ2v) is 3.62. The molecule has 1 heterocycles. The standard InChI is InChI=1S/C13H10N2O3/c16-13-5-3-1-2-4-12(14-13)10-6-8-11(9-7-10)15(17)18/h1-9H,(H,14,16). The molecule has 0 atom stereocenters. The van der Waals surface area contributed by atoms with Crippen molar-refractivity contribution in [2.75, 3.05) is 0 Å². The number of hydrogen-bond acceptors (Lipinski definition) is 3. The van der Waals surface area contributed by atoms with Crippen LogP contribution in [-0.2, 0) is 4.79 Å². The number of rotatable bonds is 2. The van der Waals surface area contributed by atoms with Crippen molar-refractivity contribution in [2.24, 2.45) is 0 Å². The molecule has 1 aliphatic heterocycles. The quantitative estimate of drug-likeness (QED) is 0.638. The van der Waals surface area contributed by atoms with E-state index in [-0.39, 0.29) is 11.6 Å². The van der Waals surface area contributed by atoms with Gasteiger partial charge in [-0.1, -0.05) is 18.2 Å².